The molecule has 0 unspecified atom stereocenters. The van der Waals surface area contributed by atoms with Crippen molar-refractivity contribution < 1.29 is 19.5 Å². The number of hydrogen-bond acceptors (Lipinski definition) is 3. The highest BCUT2D eigenvalue weighted by molar-refractivity contribution is 6.21. The summed E-state index contributed by atoms with van der Waals surface area (Å²) in [4.78, 5) is 37.6. The number of carbonyl (C=O) groups excluding carboxylic acids is 2. The molecule has 5 heteroatoms. The van der Waals surface area contributed by atoms with Gasteiger partial charge < -0.3 is 5.11 Å². The summed E-state index contributed by atoms with van der Waals surface area (Å²) in [5, 5.41) is 9.25. The topological polar surface area (TPSA) is 74.7 Å². The van der Waals surface area contributed by atoms with Gasteiger partial charge in [-0.2, -0.15) is 0 Å². The molecule has 0 saturated heterocycles. The molecule has 0 aromatic heterocycles. The minimum atomic E-state index is -1.06. The first-order valence-corrected chi connectivity index (χ1v) is 7.80. The van der Waals surface area contributed by atoms with Crippen LogP contribution >= 0.6 is 0 Å². The second-order valence-corrected chi connectivity index (χ2v) is 5.73. The third kappa shape index (κ3) is 2.69. The van der Waals surface area contributed by atoms with Crippen LogP contribution in [0.15, 0.2) is 48.5 Å². The van der Waals surface area contributed by atoms with Gasteiger partial charge in [0.25, 0.3) is 11.8 Å². The second kappa shape index (κ2) is 6.28. The van der Waals surface area contributed by atoms with Gasteiger partial charge in [-0.05, 0) is 29.7 Å². The van der Waals surface area contributed by atoms with Gasteiger partial charge in [0.15, 0.2) is 0 Å². The molecule has 0 fully saturated rings. The lowest BCUT2D eigenvalue weighted by Crippen LogP contribution is -2.35. The lowest BCUT2D eigenvalue weighted by molar-refractivity contribution is -0.138. The minimum Gasteiger partial charge on any atom is -0.481 e. The Balaban J connectivity index is 2.02. The van der Waals surface area contributed by atoms with Gasteiger partial charge in [-0.25, -0.2) is 0 Å². The van der Waals surface area contributed by atoms with Crippen molar-refractivity contribution in [3.05, 3.63) is 70.8 Å². The van der Waals surface area contributed by atoms with Crippen molar-refractivity contribution in [3.8, 4) is 0 Å². The molecule has 2 aromatic rings. The maximum atomic E-state index is 12.6. The average molecular weight is 323 g/mol. The second-order valence-electron chi connectivity index (χ2n) is 5.73. The predicted molar refractivity (Wildman–Crippen MR) is 87.8 cm³/mol. The molecule has 2 aromatic carbocycles. The smallest absolute Gasteiger partial charge is 0.305 e. The Hall–Kier alpha value is -2.95. The molecule has 1 aliphatic rings. The molecule has 0 spiro atoms. The fourth-order valence-electron chi connectivity index (χ4n) is 2.99. The molecule has 1 heterocycles. The summed E-state index contributed by atoms with van der Waals surface area (Å²) in [7, 11) is 0. The van der Waals surface area contributed by atoms with Gasteiger partial charge in [-0.15, -0.1) is 0 Å². The maximum Gasteiger partial charge on any atom is 0.305 e. The van der Waals surface area contributed by atoms with Crippen molar-refractivity contribution >= 4 is 17.8 Å². The zero-order valence-corrected chi connectivity index (χ0v) is 13.2. The summed E-state index contributed by atoms with van der Waals surface area (Å²) in [6, 6.07) is 13.1. The number of carbonyl (C=O) groups is 3. The van der Waals surface area contributed by atoms with Crippen LogP contribution in [0.5, 0.6) is 0 Å². The third-order valence-electron chi connectivity index (χ3n) is 4.28. The summed E-state index contributed by atoms with van der Waals surface area (Å²) >= 11 is 0. The largest absolute Gasteiger partial charge is 0.481 e. The lowest BCUT2D eigenvalue weighted by atomic mass is 10.00. The molecular weight excluding hydrogens is 306 g/mol. The molecule has 5 nitrogen and oxygen atoms in total. The van der Waals surface area contributed by atoms with E-state index < -0.39 is 23.8 Å². The van der Waals surface area contributed by atoms with Crippen LogP contribution in [-0.4, -0.2) is 27.8 Å². The number of aliphatic carboxylic acids is 1. The van der Waals surface area contributed by atoms with Crippen LogP contribution in [0.2, 0.25) is 0 Å². The number of fused-ring (bicyclic) bond motifs is 1. The Labute approximate surface area is 139 Å². The monoisotopic (exact) mass is 323 g/mol. The highest BCUT2D eigenvalue weighted by Crippen LogP contribution is 2.33. The van der Waals surface area contributed by atoms with Gasteiger partial charge in [-0.1, -0.05) is 43.3 Å². The van der Waals surface area contributed by atoms with Crippen LogP contribution < -0.4 is 0 Å². The van der Waals surface area contributed by atoms with Gasteiger partial charge >= 0.3 is 5.97 Å². The zero-order chi connectivity index (χ0) is 17.3. The van der Waals surface area contributed by atoms with Crippen LogP contribution in [0.3, 0.4) is 0 Å². The van der Waals surface area contributed by atoms with Crippen molar-refractivity contribution in [1.82, 2.24) is 4.90 Å². The van der Waals surface area contributed by atoms with Gasteiger partial charge in [0, 0.05) is 0 Å². The van der Waals surface area contributed by atoms with Crippen molar-refractivity contribution in [2.45, 2.75) is 25.8 Å². The van der Waals surface area contributed by atoms with E-state index in [9.17, 15) is 19.5 Å². The number of carboxylic acids is 1. The Morgan fingerprint density at radius 3 is 2.00 bits per heavy atom. The van der Waals surface area contributed by atoms with E-state index >= 15 is 0 Å². The molecule has 0 radical (unpaired) electrons. The average Bonchev–Trinajstić information content (AvgIpc) is 2.84. The van der Waals surface area contributed by atoms with E-state index in [0.717, 1.165) is 16.9 Å². The van der Waals surface area contributed by atoms with E-state index in [1.165, 1.54) is 0 Å². The van der Waals surface area contributed by atoms with Crippen LogP contribution in [0, 0.1) is 0 Å². The first kappa shape index (κ1) is 15.9. The van der Waals surface area contributed by atoms with Gasteiger partial charge in [0.2, 0.25) is 0 Å². The zero-order valence-electron chi connectivity index (χ0n) is 13.2. The van der Waals surface area contributed by atoms with Crippen LogP contribution in [0.1, 0.15) is 51.2 Å². The Morgan fingerprint density at radius 2 is 1.54 bits per heavy atom. The number of amides is 2. The number of rotatable bonds is 5. The van der Waals surface area contributed by atoms with Crippen LogP contribution in [-0.2, 0) is 11.2 Å². The lowest BCUT2D eigenvalue weighted by Gasteiger charge is -2.25. The third-order valence-corrected chi connectivity index (χ3v) is 4.28. The van der Waals surface area contributed by atoms with Gasteiger partial charge in [-0.3, -0.25) is 19.3 Å². The molecule has 1 aliphatic heterocycles. The highest BCUT2D eigenvalue weighted by Gasteiger charge is 2.41. The summed E-state index contributed by atoms with van der Waals surface area (Å²) in [5.74, 6) is -1.95. The Kier molecular flexibility index (Phi) is 4.16. The highest BCUT2D eigenvalue weighted by atomic mass is 16.4. The minimum absolute atomic E-state index is 0.322. The fraction of sp³-hybridized carbons (Fsp3) is 0.211. The molecule has 0 aliphatic carbocycles. The molecule has 24 heavy (non-hydrogen) atoms. The Bertz CT molecular complexity index is 775. The molecule has 3 rings (SSSR count). The van der Waals surface area contributed by atoms with Gasteiger partial charge in [0.05, 0.1) is 23.6 Å². The predicted octanol–water partition coefficient (Wildman–Crippen LogP) is 3.06. The van der Waals surface area contributed by atoms with Gasteiger partial charge in [0.1, 0.15) is 0 Å². The SMILES string of the molecule is CCc1ccc([C@H](CC(=O)O)N2C(=O)c3ccccc3C2=O)cc1. The van der Waals surface area contributed by atoms with E-state index in [-0.39, 0.29) is 6.42 Å². The Morgan fingerprint density at radius 1 is 1.00 bits per heavy atom. The van der Waals surface area contributed by atoms with Crippen LogP contribution in [0.4, 0.5) is 0 Å². The number of benzene rings is 2. The van der Waals surface area contributed by atoms with Crippen molar-refractivity contribution in [1.29, 1.82) is 0 Å². The van der Waals surface area contributed by atoms with E-state index in [2.05, 4.69) is 0 Å². The molecule has 1 N–H and O–H groups in total. The van der Waals surface area contributed by atoms with E-state index in [4.69, 9.17) is 0 Å². The van der Waals surface area contributed by atoms with Crippen molar-refractivity contribution in [3.63, 3.8) is 0 Å². The van der Waals surface area contributed by atoms with Crippen molar-refractivity contribution in [2.75, 3.05) is 0 Å². The standard InChI is InChI=1S/C19H17NO4/c1-2-12-7-9-13(10-8-12)16(11-17(21)22)20-18(23)14-5-3-4-6-15(14)19(20)24/h3-10,16H,2,11H2,1H3,(H,21,22)/t16-/m0/s1. The first-order valence-electron chi connectivity index (χ1n) is 7.80. The summed E-state index contributed by atoms with van der Waals surface area (Å²) in [6.45, 7) is 2.02. The summed E-state index contributed by atoms with van der Waals surface area (Å²) < 4.78 is 0. The van der Waals surface area contributed by atoms with Crippen molar-refractivity contribution in [2.24, 2.45) is 0 Å². The number of carboxylic acid groups (broad SMARTS) is 1. The number of hydrogen-bond donors (Lipinski definition) is 1. The summed E-state index contributed by atoms with van der Waals surface area (Å²) in [6.07, 6.45) is 0.536. The van der Waals surface area contributed by atoms with E-state index in [1.807, 2.05) is 19.1 Å². The van der Waals surface area contributed by atoms with Crippen LogP contribution in [0.25, 0.3) is 0 Å². The first-order chi connectivity index (χ1) is 11.5. The normalized spacial score (nSPS) is 14.6. The molecular formula is C19H17NO4. The quantitative estimate of drug-likeness (QED) is 0.858. The molecule has 1 atom stereocenters. The molecule has 0 bridgehead atoms. The number of aryl methyl sites for hydroxylation is 1. The van der Waals surface area contributed by atoms with E-state index in [0.29, 0.717) is 16.7 Å². The number of nitrogens with zero attached hydrogens (tertiary/aromatic N) is 1. The molecule has 2 amide bonds. The summed E-state index contributed by atoms with van der Waals surface area (Å²) in [5.41, 5.74) is 2.39. The maximum absolute atomic E-state index is 12.6. The molecule has 122 valence electrons. The molecule has 0 saturated carbocycles. The number of imide groups is 1. The van der Waals surface area contributed by atoms with E-state index in [1.54, 1.807) is 36.4 Å². The fourth-order valence-corrected chi connectivity index (χ4v) is 2.99.